The highest BCUT2D eigenvalue weighted by molar-refractivity contribution is 5.83. The maximum atomic E-state index is 12.6. The summed E-state index contributed by atoms with van der Waals surface area (Å²) in [5.41, 5.74) is 4.32. The predicted octanol–water partition coefficient (Wildman–Crippen LogP) is 4.02. The number of alkyl carbamates (subject to hydrolysis) is 1. The molecule has 7 nitrogen and oxygen atoms in total. The number of amides is 2. The second-order valence-electron chi connectivity index (χ2n) is 9.23. The Hall–Kier alpha value is -3.35. The molecule has 7 heteroatoms. The minimum atomic E-state index is -1.04. The summed E-state index contributed by atoms with van der Waals surface area (Å²) in [6.07, 6.45) is 2.33. The van der Waals surface area contributed by atoms with Gasteiger partial charge in [-0.05, 0) is 47.4 Å². The first kappa shape index (κ1) is 22.8. The summed E-state index contributed by atoms with van der Waals surface area (Å²) < 4.78 is 5.60. The van der Waals surface area contributed by atoms with Gasteiger partial charge in [0.05, 0.1) is 0 Å². The lowest BCUT2D eigenvalue weighted by Crippen LogP contribution is -2.48. The third-order valence-electron chi connectivity index (χ3n) is 7.22. The first-order valence-corrected chi connectivity index (χ1v) is 11.4. The van der Waals surface area contributed by atoms with Gasteiger partial charge in [-0.25, -0.2) is 9.59 Å². The van der Waals surface area contributed by atoms with Crippen molar-refractivity contribution in [2.24, 2.45) is 5.41 Å². The summed E-state index contributed by atoms with van der Waals surface area (Å²) in [6.45, 7) is 2.07. The fraction of sp³-hybridized carbons (Fsp3) is 0.423. The molecule has 0 radical (unpaired) electrons. The number of nitrogens with one attached hydrogen (secondary N) is 1. The van der Waals surface area contributed by atoms with E-state index in [1.54, 1.807) is 0 Å². The van der Waals surface area contributed by atoms with Crippen LogP contribution in [-0.4, -0.2) is 54.2 Å². The maximum absolute atomic E-state index is 12.6. The highest BCUT2D eigenvalue weighted by Gasteiger charge is 2.41. The van der Waals surface area contributed by atoms with Gasteiger partial charge in [-0.15, -0.1) is 0 Å². The summed E-state index contributed by atoms with van der Waals surface area (Å²) in [5, 5.41) is 12.0. The first-order valence-electron chi connectivity index (χ1n) is 11.4. The van der Waals surface area contributed by atoms with E-state index in [4.69, 9.17) is 9.84 Å². The molecule has 0 bridgehead atoms. The van der Waals surface area contributed by atoms with Gasteiger partial charge in [-0.1, -0.05) is 55.0 Å². The van der Waals surface area contributed by atoms with Crippen molar-refractivity contribution in [2.75, 3.05) is 20.2 Å². The Bertz CT molecular complexity index is 1020. The van der Waals surface area contributed by atoms with Crippen LogP contribution in [0.15, 0.2) is 48.5 Å². The molecule has 1 atom stereocenters. The second kappa shape index (κ2) is 9.25. The zero-order valence-corrected chi connectivity index (χ0v) is 19.0. The first-order chi connectivity index (χ1) is 15.8. The molecule has 0 aromatic heterocycles. The molecule has 4 rings (SSSR count). The van der Waals surface area contributed by atoms with Crippen molar-refractivity contribution in [3.05, 3.63) is 59.7 Å². The molecule has 1 fully saturated rings. The standard InChI is InChI=1S/C26H30N2O5/c1-17(24(30)31)28(2)23(29)14-26(12-7-13-26)16-27-25(32)33-15-22-20-10-5-3-8-18(20)19-9-4-6-11-21(19)22/h3-6,8-11,17,22H,7,12-16H2,1-2H3,(H,27,32)(H,30,31). The van der Waals surface area contributed by atoms with E-state index in [-0.39, 0.29) is 30.3 Å². The van der Waals surface area contributed by atoms with E-state index in [1.807, 2.05) is 24.3 Å². The zero-order chi connectivity index (χ0) is 23.6. The highest BCUT2D eigenvalue weighted by Crippen LogP contribution is 2.45. The van der Waals surface area contributed by atoms with Crippen molar-refractivity contribution < 1.29 is 24.2 Å². The topological polar surface area (TPSA) is 95.9 Å². The summed E-state index contributed by atoms with van der Waals surface area (Å²) in [4.78, 5) is 37.6. The number of nitrogens with zero attached hydrogens (tertiary/aromatic N) is 1. The molecule has 0 heterocycles. The largest absolute Gasteiger partial charge is 0.480 e. The number of carbonyl (C=O) groups excluding carboxylic acids is 2. The third-order valence-corrected chi connectivity index (χ3v) is 7.22. The number of aliphatic carboxylic acids is 1. The molecule has 0 saturated heterocycles. The molecule has 1 unspecified atom stereocenters. The molecular formula is C26H30N2O5. The van der Waals surface area contributed by atoms with Gasteiger partial charge < -0.3 is 20.1 Å². The van der Waals surface area contributed by atoms with E-state index >= 15 is 0 Å². The number of ether oxygens (including phenoxy) is 1. The molecular weight excluding hydrogens is 420 g/mol. The lowest BCUT2D eigenvalue weighted by Gasteiger charge is -2.42. The molecule has 0 spiro atoms. The quantitative estimate of drug-likeness (QED) is 0.633. The molecule has 2 amide bonds. The van der Waals surface area contributed by atoms with Crippen LogP contribution in [0, 0.1) is 5.41 Å². The van der Waals surface area contributed by atoms with Crippen LogP contribution in [0.1, 0.15) is 49.7 Å². The predicted molar refractivity (Wildman–Crippen MR) is 124 cm³/mol. The number of carboxylic acid groups (broad SMARTS) is 1. The van der Waals surface area contributed by atoms with E-state index in [2.05, 4.69) is 29.6 Å². The van der Waals surface area contributed by atoms with Gasteiger partial charge >= 0.3 is 12.1 Å². The second-order valence-corrected chi connectivity index (χ2v) is 9.23. The number of hydrogen-bond acceptors (Lipinski definition) is 4. The maximum Gasteiger partial charge on any atom is 0.407 e. The fourth-order valence-electron chi connectivity index (χ4n) is 4.83. The minimum absolute atomic E-state index is 0.00598. The molecule has 2 aromatic rings. The van der Waals surface area contributed by atoms with Crippen molar-refractivity contribution >= 4 is 18.0 Å². The van der Waals surface area contributed by atoms with Gasteiger partial charge in [-0.3, -0.25) is 4.79 Å². The molecule has 2 aliphatic rings. The Morgan fingerprint density at radius 3 is 2.18 bits per heavy atom. The average Bonchev–Trinajstić information content (AvgIpc) is 3.11. The highest BCUT2D eigenvalue weighted by atomic mass is 16.5. The number of carboxylic acids is 1. The molecule has 2 aliphatic carbocycles. The van der Waals surface area contributed by atoms with Crippen molar-refractivity contribution in [3.8, 4) is 11.1 Å². The lowest BCUT2D eigenvalue weighted by molar-refractivity contribution is -0.149. The van der Waals surface area contributed by atoms with Crippen LogP contribution < -0.4 is 5.32 Å². The number of likely N-dealkylation sites (N-methyl/N-ethyl adjacent to an activating group) is 1. The lowest BCUT2D eigenvalue weighted by atomic mass is 9.66. The van der Waals surface area contributed by atoms with Gasteiger partial charge in [0.25, 0.3) is 0 Å². The Kier molecular flexibility index (Phi) is 6.40. The van der Waals surface area contributed by atoms with E-state index in [1.165, 1.54) is 30.0 Å². The van der Waals surface area contributed by atoms with Crippen LogP contribution in [0.2, 0.25) is 0 Å². The number of benzene rings is 2. The van der Waals surface area contributed by atoms with Gasteiger partial charge in [0, 0.05) is 25.9 Å². The summed E-state index contributed by atoms with van der Waals surface area (Å²) in [7, 11) is 1.51. The molecule has 174 valence electrons. The van der Waals surface area contributed by atoms with Crippen molar-refractivity contribution in [1.82, 2.24) is 10.2 Å². The van der Waals surface area contributed by atoms with Crippen LogP contribution in [0.5, 0.6) is 0 Å². The van der Waals surface area contributed by atoms with E-state index in [0.29, 0.717) is 6.54 Å². The number of fused-ring (bicyclic) bond motifs is 3. The summed E-state index contributed by atoms with van der Waals surface area (Å²) >= 11 is 0. The van der Waals surface area contributed by atoms with Gasteiger partial charge in [0.1, 0.15) is 12.6 Å². The van der Waals surface area contributed by atoms with E-state index < -0.39 is 18.1 Å². The monoisotopic (exact) mass is 450 g/mol. The van der Waals surface area contributed by atoms with E-state index in [9.17, 15) is 14.4 Å². The van der Waals surface area contributed by atoms with Crippen LogP contribution in [-0.2, 0) is 14.3 Å². The van der Waals surface area contributed by atoms with Crippen LogP contribution in [0.3, 0.4) is 0 Å². The smallest absolute Gasteiger partial charge is 0.407 e. The molecule has 2 N–H and O–H groups in total. The molecule has 33 heavy (non-hydrogen) atoms. The van der Waals surface area contributed by atoms with Crippen molar-refractivity contribution in [2.45, 2.75) is 44.6 Å². The Morgan fingerprint density at radius 1 is 1.09 bits per heavy atom. The molecule has 2 aromatic carbocycles. The zero-order valence-electron chi connectivity index (χ0n) is 19.0. The average molecular weight is 451 g/mol. The van der Waals surface area contributed by atoms with Gasteiger partial charge in [0.15, 0.2) is 0 Å². The molecule has 0 aliphatic heterocycles. The van der Waals surface area contributed by atoms with Crippen molar-refractivity contribution in [1.29, 1.82) is 0 Å². The number of hydrogen-bond donors (Lipinski definition) is 2. The normalized spacial score (nSPS) is 16.7. The summed E-state index contributed by atoms with van der Waals surface area (Å²) in [6, 6.07) is 15.5. The minimum Gasteiger partial charge on any atom is -0.480 e. The number of rotatable bonds is 8. The van der Waals surface area contributed by atoms with Crippen LogP contribution in [0.25, 0.3) is 11.1 Å². The van der Waals surface area contributed by atoms with Crippen LogP contribution >= 0.6 is 0 Å². The Morgan fingerprint density at radius 2 is 1.67 bits per heavy atom. The van der Waals surface area contributed by atoms with Gasteiger partial charge in [0.2, 0.25) is 5.91 Å². The number of carbonyl (C=O) groups is 3. The fourth-order valence-corrected chi connectivity index (χ4v) is 4.83. The third kappa shape index (κ3) is 4.58. The van der Waals surface area contributed by atoms with Gasteiger partial charge in [-0.2, -0.15) is 0 Å². The summed E-state index contributed by atoms with van der Waals surface area (Å²) in [5.74, 6) is -1.27. The van der Waals surface area contributed by atoms with Crippen molar-refractivity contribution in [3.63, 3.8) is 0 Å². The Balaban J connectivity index is 1.33. The Labute approximate surface area is 193 Å². The van der Waals surface area contributed by atoms with E-state index in [0.717, 1.165) is 30.4 Å². The van der Waals surface area contributed by atoms with Crippen LogP contribution in [0.4, 0.5) is 4.79 Å². The molecule has 1 saturated carbocycles. The SMILES string of the molecule is CC(C(=O)O)N(C)C(=O)CC1(CNC(=O)OCC2c3ccccc3-c3ccccc32)CCC1.